The summed E-state index contributed by atoms with van der Waals surface area (Å²) in [4.78, 5) is 16.9. The van der Waals surface area contributed by atoms with Crippen LogP contribution in [0, 0.1) is 5.82 Å². The highest BCUT2D eigenvalue weighted by Gasteiger charge is 2.27. The molecule has 0 aliphatic carbocycles. The Morgan fingerprint density at radius 1 is 0.806 bits per heavy atom. The van der Waals surface area contributed by atoms with Crippen LogP contribution in [0.25, 0.3) is 0 Å². The standard InChI is InChI=1S/C26H28FN3O/c27-24-13-11-21(12-14-24)15-16-28-26(31)30-19-17-29(18-20-30)25(22-7-3-1-4-8-22)23-9-5-2-6-10-23/h1-14,25H,15-20H2,(H,28,31). The van der Waals surface area contributed by atoms with Gasteiger partial charge >= 0.3 is 6.03 Å². The summed E-state index contributed by atoms with van der Waals surface area (Å²) in [5.74, 6) is -0.241. The van der Waals surface area contributed by atoms with E-state index in [1.807, 2.05) is 17.0 Å². The number of urea groups is 1. The molecule has 0 unspecified atom stereocenters. The summed E-state index contributed by atoms with van der Waals surface area (Å²) in [7, 11) is 0. The van der Waals surface area contributed by atoms with E-state index in [4.69, 9.17) is 0 Å². The molecule has 4 rings (SSSR count). The van der Waals surface area contributed by atoms with Gasteiger partial charge in [-0.25, -0.2) is 9.18 Å². The summed E-state index contributed by atoms with van der Waals surface area (Å²) >= 11 is 0. The first-order chi connectivity index (χ1) is 15.2. The number of piperazine rings is 1. The van der Waals surface area contributed by atoms with Crippen molar-refractivity contribution < 1.29 is 9.18 Å². The van der Waals surface area contributed by atoms with E-state index in [9.17, 15) is 9.18 Å². The van der Waals surface area contributed by atoms with Crippen LogP contribution in [-0.2, 0) is 6.42 Å². The molecule has 0 radical (unpaired) electrons. The molecule has 31 heavy (non-hydrogen) atoms. The lowest BCUT2D eigenvalue weighted by Gasteiger charge is -2.39. The zero-order chi connectivity index (χ0) is 21.5. The van der Waals surface area contributed by atoms with E-state index in [0.717, 1.165) is 18.7 Å². The molecule has 0 spiro atoms. The Labute approximate surface area is 183 Å². The Balaban J connectivity index is 1.33. The summed E-state index contributed by atoms with van der Waals surface area (Å²) in [6.07, 6.45) is 0.691. The summed E-state index contributed by atoms with van der Waals surface area (Å²) in [6, 6.07) is 27.7. The number of nitrogens with one attached hydrogen (secondary N) is 1. The first-order valence-corrected chi connectivity index (χ1v) is 10.8. The zero-order valence-corrected chi connectivity index (χ0v) is 17.6. The minimum atomic E-state index is -0.241. The number of amides is 2. The molecule has 0 bridgehead atoms. The second-order valence-electron chi connectivity index (χ2n) is 7.86. The molecule has 160 valence electrons. The van der Waals surface area contributed by atoms with Gasteiger partial charge in [-0.05, 0) is 35.2 Å². The number of carbonyl (C=O) groups excluding carboxylic acids is 1. The Morgan fingerprint density at radius 3 is 1.90 bits per heavy atom. The van der Waals surface area contributed by atoms with E-state index in [0.29, 0.717) is 26.1 Å². The van der Waals surface area contributed by atoms with E-state index in [1.165, 1.54) is 23.3 Å². The van der Waals surface area contributed by atoms with Crippen LogP contribution < -0.4 is 5.32 Å². The van der Waals surface area contributed by atoms with Crippen LogP contribution >= 0.6 is 0 Å². The van der Waals surface area contributed by atoms with E-state index >= 15 is 0 Å². The van der Waals surface area contributed by atoms with Crippen LogP contribution in [0.3, 0.4) is 0 Å². The fourth-order valence-electron chi connectivity index (χ4n) is 4.14. The van der Waals surface area contributed by atoms with Crippen molar-refractivity contribution in [1.29, 1.82) is 0 Å². The predicted octanol–water partition coefficient (Wildman–Crippen LogP) is 4.49. The Kier molecular flexibility index (Phi) is 6.95. The molecule has 0 saturated carbocycles. The first kappa shape index (κ1) is 21.1. The van der Waals surface area contributed by atoms with Crippen molar-refractivity contribution >= 4 is 6.03 Å². The van der Waals surface area contributed by atoms with Crippen LogP contribution in [-0.4, -0.2) is 48.6 Å². The Morgan fingerprint density at radius 2 is 1.35 bits per heavy atom. The SMILES string of the molecule is O=C(NCCc1ccc(F)cc1)N1CCN(C(c2ccccc2)c2ccccc2)CC1. The molecule has 1 fully saturated rings. The molecule has 4 nitrogen and oxygen atoms in total. The van der Waals surface area contributed by atoms with Gasteiger partial charge in [0.25, 0.3) is 0 Å². The smallest absolute Gasteiger partial charge is 0.317 e. The Bertz CT molecular complexity index is 915. The molecule has 1 saturated heterocycles. The summed E-state index contributed by atoms with van der Waals surface area (Å²) in [6.45, 7) is 3.57. The highest BCUT2D eigenvalue weighted by Crippen LogP contribution is 2.29. The van der Waals surface area contributed by atoms with Crippen molar-refractivity contribution in [3.8, 4) is 0 Å². The average molecular weight is 418 g/mol. The van der Waals surface area contributed by atoms with Gasteiger partial charge in [-0.3, -0.25) is 4.90 Å². The van der Waals surface area contributed by atoms with Crippen LogP contribution in [0.2, 0.25) is 0 Å². The van der Waals surface area contributed by atoms with E-state index in [1.54, 1.807) is 12.1 Å². The molecule has 1 aliphatic rings. The molecule has 5 heteroatoms. The van der Waals surface area contributed by atoms with Crippen molar-refractivity contribution in [3.63, 3.8) is 0 Å². The maximum Gasteiger partial charge on any atom is 0.317 e. The molecule has 0 atom stereocenters. The first-order valence-electron chi connectivity index (χ1n) is 10.8. The zero-order valence-electron chi connectivity index (χ0n) is 17.6. The van der Waals surface area contributed by atoms with Gasteiger partial charge in [-0.2, -0.15) is 0 Å². The van der Waals surface area contributed by atoms with Gasteiger partial charge in [-0.15, -0.1) is 0 Å². The normalized spacial score (nSPS) is 14.6. The van der Waals surface area contributed by atoms with Crippen LogP contribution in [0.4, 0.5) is 9.18 Å². The number of carbonyl (C=O) groups is 1. The van der Waals surface area contributed by atoms with Gasteiger partial charge in [0.1, 0.15) is 5.82 Å². The van der Waals surface area contributed by atoms with E-state index in [2.05, 4.69) is 58.7 Å². The average Bonchev–Trinajstić information content (AvgIpc) is 2.82. The molecule has 0 aromatic heterocycles. The lowest BCUT2D eigenvalue weighted by Crippen LogP contribution is -2.52. The third-order valence-corrected chi connectivity index (χ3v) is 5.80. The van der Waals surface area contributed by atoms with Gasteiger partial charge in [0.05, 0.1) is 6.04 Å². The Hall–Kier alpha value is -3.18. The summed E-state index contributed by atoms with van der Waals surface area (Å²) in [5, 5.41) is 3.00. The number of rotatable bonds is 6. The fraction of sp³-hybridized carbons (Fsp3) is 0.269. The summed E-state index contributed by atoms with van der Waals surface area (Å²) < 4.78 is 13.0. The van der Waals surface area contributed by atoms with Gasteiger partial charge in [0.2, 0.25) is 0 Å². The monoisotopic (exact) mass is 417 g/mol. The molecule has 2 amide bonds. The van der Waals surface area contributed by atoms with E-state index in [-0.39, 0.29) is 17.9 Å². The highest BCUT2D eigenvalue weighted by atomic mass is 19.1. The number of hydrogen-bond donors (Lipinski definition) is 1. The highest BCUT2D eigenvalue weighted by molar-refractivity contribution is 5.74. The molecule has 3 aromatic rings. The second kappa shape index (κ2) is 10.2. The molecule has 1 aliphatic heterocycles. The third kappa shape index (κ3) is 5.50. The van der Waals surface area contributed by atoms with Crippen molar-refractivity contribution in [2.75, 3.05) is 32.7 Å². The van der Waals surface area contributed by atoms with E-state index < -0.39 is 0 Å². The topological polar surface area (TPSA) is 35.6 Å². The minimum Gasteiger partial charge on any atom is -0.338 e. The molecular formula is C26H28FN3O. The maximum atomic E-state index is 13.0. The van der Waals surface area contributed by atoms with Crippen molar-refractivity contribution in [1.82, 2.24) is 15.1 Å². The van der Waals surface area contributed by atoms with Crippen molar-refractivity contribution in [2.24, 2.45) is 0 Å². The van der Waals surface area contributed by atoms with Gasteiger partial charge in [0.15, 0.2) is 0 Å². The van der Waals surface area contributed by atoms with Gasteiger partial charge in [-0.1, -0.05) is 72.8 Å². The number of hydrogen-bond acceptors (Lipinski definition) is 2. The number of halogens is 1. The summed E-state index contributed by atoms with van der Waals surface area (Å²) in [5.41, 5.74) is 3.55. The minimum absolute atomic E-state index is 0.0299. The molecular weight excluding hydrogens is 389 g/mol. The van der Waals surface area contributed by atoms with Crippen LogP contribution in [0.15, 0.2) is 84.9 Å². The van der Waals surface area contributed by atoms with Crippen molar-refractivity contribution in [2.45, 2.75) is 12.5 Å². The quantitative estimate of drug-likeness (QED) is 0.642. The molecule has 1 N–H and O–H groups in total. The fourth-order valence-corrected chi connectivity index (χ4v) is 4.14. The second-order valence-corrected chi connectivity index (χ2v) is 7.86. The maximum absolute atomic E-state index is 13.0. The lowest BCUT2D eigenvalue weighted by molar-refractivity contribution is 0.120. The van der Waals surface area contributed by atoms with Crippen LogP contribution in [0.5, 0.6) is 0 Å². The molecule has 1 heterocycles. The number of nitrogens with zero attached hydrogens (tertiary/aromatic N) is 2. The largest absolute Gasteiger partial charge is 0.338 e. The van der Waals surface area contributed by atoms with Gasteiger partial charge in [0, 0.05) is 32.7 Å². The van der Waals surface area contributed by atoms with Gasteiger partial charge < -0.3 is 10.2 Å². The third-order valence-electron chi connectivity index (χ3n) is 5.80. The number of benzene rings is 3. The van der Waals surface area contributed by atoms with Crippen LogP contribution in [0.1, 0.15) is 22.7 Å². The lowest BCUT2D eigenvalue weighted by atomic mass is 9.96. The predicted molar refractivity (Wildman–Crippen MR) is 121 cm³/mol. The molecule has 3 aromatic carbocycles. The van der Waals surface area contributed by atoms with Crippen molar-refractivity contribution in [3.05, 3.63) is 107 Å².